The monoisotopic (exact) mass is 570 g/mol. The van der Waals surface area contributed by atoms with Gasteiger partial charge in [0.1, 0.15) is 5.15 Å². The van der Waals surface area contributed by atoms with Gasteiger partial charge in [0, 0.05) is 12.8 Å². The molecule has 11 heteroatoms. The highest BCUT2D eigenvalue weighted by atomic mass is 35.5. The van der Waals surface area contributed by atoms with Crippen LogP contribution in [-0.2, 0) is 10.8 Å². The Hall–Kier alpha value is -2.07. The van der Waals surface area contributed by atoms with Crippen molar-refractivity contribution in [2.75, 3.05) is 11.9 Å². The third-order valence-electron chi connectivity index (χ3n) is 6.73. The van der Waals surface area contributed by atoms with E-state index in [4.69, 9.17) is 27.6 Å². The number of aromatic nitrogens is 2. The van der Waals surface area contributed by atoms with Crippen molar-refractivity contribution >= 4 is 49.1 Å². The molecule has 2 aromatic heterocycles. The van der Waals surface area contributed by atoms with Gasteiger partial charge in [-0.05, 0) is 67.4 Å². The highest BCUT2D eigenvalue weighted by Crippen LogP contribution is 2.36. The Kier molecular flexibility index (Phi) is 10.6. The number of anilines is 1. The Labute approximate surface area is 230 Å². The predicted molar refractivity (Wildman–Crippen MR) is 150 cm³/mol. The third kappa shape index (κ3) is 8.20. The normalized spacial score (nSPS) is 12.1. The Bertz CT molecular complexity index is 1150. The topological polar surface area (TPSA) is 93.2 Å². The van der Waals surface area contributed by atoms with E-state index in [9.17, 15) is 14.0 Å². The maximum Gasteiger partial charge on any atom is 0.326 e. The third-order valence-corrected chi connectivity index (χ3v) is 11.8. The fourth-order valence-corrected chi connectivity index (χ4v) is 4.89. The first kappa shape index (κ1) is 31.1. The number of imide groups is 1. The smallest absolute Gasteiger partial charge is 0.326 e. The maximum atomic E-state index is 13.8. The fourth-order valence-electron chi connectivity index (χ4n) is 3.39. The molecule has 0 atom stereocenters. The summed E-state index contributed by atoms with van der Waals surface area (Å²) in [5.41, 5.74) is 2.82. The number of aryl methyl sites for hydroxylation is 1. The minimum absolute atomic E-state index is 0.0285. The number of nitrogens with zero attached hydrogens (tertiary/aromatic N) is 2. The summed E-state index contributed by atoms with van der Waals surface area (Å²) in [6, 6.07) is 0.0466. The molecular weight excluding hydrogens is 534 g/mol. The summed E-state index contributed by atoms with van der Waals surface area (Å²) in [4.78, 5) is 33.4. The van der Waals surface area contributed by atoms with E-state index in [1.165, 1.54) is 0 Å². The van der Waals surface area contributed by atoms with Crippen LogP contribution in [0.5, 0.6) is 0 Å². The lowest BCUT2D eigenvalue weighted by atomic mass is 9.98. The lowest BCUT2D eigenvalue weighted by Crippen LogP contribution is -2.40. The van der Waals surface area contributed by atoms with E-state index in [-0.39, 0.29) is 21.7 Å². The minimum atomic E-state index is -1.77. The van der Waals surface area contributed by atoms with Crippen LogP contribution in [0, 0.1) is 12.7 Å². The molecule has 0 saturated heterocycles. The van der Waals surface area contributed by atoms with Gasteiger partial charge in [0.2, 0.25) is 0 Å². The molecule has 0 aliphatic heterocycles. The maximum absolute atomic E-state index is 13.8. The molecule has 0 saturated carbocycles. The van der Waals surface area contributed by atoms with Gasteiger partial charge >= 0.3 is 6.03 Å². The van der Waals surface area contributed by atoms with E-state index in [0.717, 1.165) is 36.5 Å². The van der Waals surface area contributed by atoms with Crippen LogP contribution in [0.2, 0.25) is 28.4 Å². The Morgan fingerprint density at radius 3 is 2.41 bits per heavy atom. The van der Waals surface area contributed by atoms with Gasteiger partial charge in [0.25, 0.3) is 5.91 Å². The van der Waals surface area contributed by atoms with E-state index in [1.54, 1.807) is 0 Å². The summed E-state index contributed by atoms with van der Waals surface area (Å²) in [7, 11) is -1.77. The van der Waals surface area contributed by atoms with Gasteiger partial charge in [-0.2, -0.15) is 0 Å². The molecule has 0 aliphatic carbocycles. The summed E-state index contributed by atoms with van der Waals surface area (Å²) >= 11 is 11.5. The van der Waals surface area contributed by atoms with E-state index in [1.807, 2.05) is 27.0 Å². The second kappa shape index (κ2) is 12.6. The van der Waals surface area contributed by atoms with Crippen LogP contribution in [0.4, 0.5) is 14.9 Å². The van der Waals surface area contributed by atoms with Crippen LogP contribution in [0.3, 0.4) is 0 Å². The number of amides is 3. The highest BCUT2D eigenvalue weighted by molar-refractivity contribution is 6.74. The first-order valence-corrected chi connectivity index (χ1v) is 16.0. The van der Waals surface area contributed by atoms with Crippen molar-refractivity contribution in [1.29, 1.82) is 0 Å². The van der Waals surface area contributed by atoms with Gasteiger partial charge in [-0.25, -0.2) is 14.2 Å². The van der Waals surface area contributed by atoms with Crippen molar-refractivity contribution in [3.63, 3.8) is 0 Å². The molecule has 0 spiro atoms. The fraction of sp³-hybridized carbons (Fsp3) is 0.538. The molecule has 3 amide bonds. The molecule has 2 N–H and O–H groups in total. The Morgan fingerprint density at radius 2 is 1.81 bits per heavy atom. The first-order valence-electron chi connectivity index (χ1n) is 12.3. The van der Waals surface area contributed by atoms with Crippen LogP contribution in [0.25, 0.3) is 0 Å². The molecule has 2 aromatic rings. The molecule has 204 valence electrons. The van der Waals surface area contributed by atoms with Gasteiger partial charge in [0.15, 0.2) is 19.3 Å². The molecule has 0 radical (unpaired) electrons. The standard InChI is InChI=1S/C26H37Cl2FN4O3Si/c1-15(2)20-21(31-25(35)33-24(34)18-13-19(29)23(28)32-22(18)27)16(3)17(14-30-20)11-9-10-12-36-37(7,8)26(4,5)6/h13-15H,9-12H2,1-8H3,(H2,31,33,34,35). The second-order valence-electron chi connectivity index (χ2n) is 10.9. The highest BCUT2D eigenvalue weighted by Gasteiger charge is 2.36. The molecule has 0 aromatic carbocycles. The zero-order valence-electron chi connectivity index (χ0n) is 22.8. The van der Waals surface area contributed by atoms with Crippen molar-refractivity contribution in [3.05, 3.63) is 50.8 Å². The number of unbranched alkanes of at least 4 members (excludes halogenated alkanes) is 1. The van der Waals surface area contributed by atoms with Crippen molar-refractivity contribution in [3.8, 4) is 0 Å². The summed E-state index contributed by atoms with van der Waals surface area (Å²) in [6.45, 7) is 17.7. The van der Waals surface area contributed by atoms with Crippen LogP contribution >= 0.6 is 23.2 Å². The van der Waals surface area contributed by atoms with Crippen LogP contribution in [0.1, 0.15) is 80.6 Å². The lowest BCUT2D eigenvalue weighted by Gasteiger charge is -2.36. The van der Waals surface area contributed by atoms with Crippen LogP contribution < -0.4 is 10.6 Å². The number of urea groups is 1. The summed E-state index contributed by atoms with van der Waals surface area (Å²) in [6.07, 6.45) is 4.45. The largest absolute Gasteiger partial charge is 0.417 e. The number of hydrogen-bond acceptors (Lipinski definition) is 5. The number of carbonyl (C=O) groups excluding carboxylic acids is 2. The van der Waals surface area contributed by atoms with Gasteiger partial charge < -0.3 is 9.74 Å². The van der Waals surface area contributed by atoms with Crippen molar-refractivity contribution in [2.24, 2.45) is 0 Å². The molecule has 0 fully saturated rings. The minimum Gasteiger partial charge on any atom is -0.417 e. The molecule has 0 aliphatic rings. The van der Waals surface area contributed by atoms with Crippen molar-refractivity contribution in [1.82, 2.24) is 15.3 Å². The zero-order chi connectivity index (χ0) is 28.1. The van der Waals surface area contributed by atoms with Gasteiger partial charge in [-0.1, -0.05) is 57.8 Å². The Balaban J connectivity index is 2.10. The van der Waals surface area contributed by atoms with Crippen molar-refractivity contribution in [2.45, 2.75) is 84.9 Å². The molecule has 2 rings (SSSR count). The number of nitrogens with one attached hydrogen (secondary N) is 2. The second-order valence-corrected chi connectivity index (χ2v) is 16.4. The number of pyridine rings is 2. The van der Waals surface area contributed by atoms with E-state index < -0.39 is 31.2 Å². The molecule has 2 heterocycles. The van der Waals surface area contributed by atoms with Gasteiger partial charge in [0.05, 0.1) is 16.9 Å². The average Bonchev–Trinajstić information content (AvgIpc) is 2.77. The summed E-state index contributed by atoms with van der Waals surface area (Å²) in [5, 5.41) is 4.32. The van der Waals surface area contributed by atoms with Gasteiger partial charge in [-0.3, -0.25) is 15.1 Å². The van der Waals surface area contributed by atoms with Crippen molar-refractivity contribution < 1.29 is 18.4 Å². The molecule has 7 nitrogen and oxygen atoms in total. The number of halogens is 3. The SMILES string of the molecule is Cc1c(CCCCO[Si](C)(C)C(C)(C)C)cnc(C(C)C)c1NC(=O)NC(=O)c1cc(F)c(Cl)nc1Cl. The number of carbonyl (C=O) groups is 2. The number of hydrogen-bond donors (Lipinski definition) is 2. The average molecular weight is 572 g/mol. The van der Waals surface area contributed by atoms with E-state index in [0.29, 0.717) is 18.0 Å². The summed E-state index contributed by atoms with van der Waals surface area (Å²) < 4.78 is 20.0. The first-order chi connectivity index (χ1) is 17.0. The molecule has 0 unspecified atom stereocenters. The van der Waals surface area contributed by atoms with E-state index in [2.05, 4.69) is 54.5 Å². The van der Waals surface area contributed by atoms with Crippen LogP contribution in [-0.4, -0.2) is 36.8 Å². The van der Waals surface area contributed by atoms with Gasteiger partial charge in [-0.15, -0.1) is 0 Å². The summed E-state index contributed by atoms with van der Waals surface area (Å²) in [5.74, 6) is -1.79. The quantitative estimate of drug-likeness (QED) is 0.183. The van der Waals surface area contributed by atoms with Crippen LogP contribution in [0.15, 0.2) is 12.3 Å². The molecule has 0 bridgehead atoms. The number of rotatable bonds is 9. The molecular formula is C26H37Cl2FN4O3Si. The zero-order valence-corrected chi connectivity index (χ0v) is 25.3. The molecule has 37 heavy (non-hydrogen) atoms. The van der Waals surface area contributed by atoms with E-state index >= 15 is 0 Å². The lowest BCUT2D eigenvalue weighted by molar-refractivity contribution is 0.0966. The predicted octanol–water partition coefficient (Wildman–Crippen LogP) is 7.66. The Morgan fingerprint density at radius 1 is 1.16 bits per heavy atom.